The highest BCUT2D eigenvalue weighted by Gasteiger charge is 2.34. The number of thioether (sulfide) groups is 1. The lowest BCUT2D eigenvalue weighted by molar-refractivity contribution is -0.122. The summed E-state index contributed by atoms with van der Waals surface area (Å²) in [7, 11) is -2.36. The van der Waals surface area contributed by atoms with Gasteiger partial charge >= 0.3 is 0 Å². The van der Waals surface area contributed by atoms with Crippen molar-refractivity contribution in [3.63, 3.8) is 0 Å². The van der Waals surface area contributed by atoms with Crippen LogP contribution in [-0.2, 0) is 14.8 Å². The number of carbonyl (C=O) groups is 1. The zero-order chi connectivity index (χ0) is 20.3. The molecule has 0 bridgehead atoms. The van der Waals surface area contributed by atoms with E-state index >= 15 is 0 Å². The average molecular weight is 481 g/mol. The summed E-state index contributed by atoms with van der Waals surface area (Å²) in [5, 5.41) is 0.143. The van der Waals surface area contributed by atoms with E-state index in [4.69, 9.17) is 4.74 Å². The summed E-state index contributed by atoms with van der Waals surface area (Å²) in [6.45, 7) is 2.09. The van der Waals surface area contributed by atoms with Crippen LogP contribution < -0.4 is 4.74 Å². The quantitative estimate of drug-likeness (QED) is 0.601. The molecule has 0 radical (unpaired) electrons. The van der Waals surface area contributed by atoms with Crippen LogP contribution >= 0.6 is 27.7 Å². The topological polar surface area (TPSA) is 76.0 Å². The number of rotatable bonds is 5. The summed E-state index contributed by atoms with van der Waals surface area (Å²) in [6.07, 6.45) is 1.70. The molecule has 146 valence electrons. The molecule has 0 aliphatic carbocycles. The second kappa shape index (κ2) is 8.50. The summed E-state index contributed by atoms with van der Waals surface area (Å²) < 4.78 is 35.1. The van der Waals surface area contributed by atoms with Gasteiger partial charge in [0.15, 0.2) is 5.17 Å². The number of likely N-dealkylation sites (N-methyl/N-ethyl adjacent to an activating group) is 1. The predicted molar refractivity (Wildman–Crippen MR) is 115 cm³/mol. The maximum atomic E-state index is 12.7. The van der Waals surface area contributed by atoms with E-state index in [1.165, 1.54) is 17.0 Å². The van der Waals surface area contributed by atoms with Gasteiger partial charge in [0.2, 0.25) is 0 Å². The molecular weight excluding hydrogens is 464 g/mol. The normalized spacial score (nSPS) is 17.5. The maximum absolute atomic E-state index is 12.7. The number of hydrogen-bond donors (Lipinski definition) is 0. The third-order valence-corrected chi connectivity index (χ3v) is 6.84. The first kappa shape index (κ1) is 20.6. The van der Waals surface area contributed by atoms with Crippen molar-refractivity contribution >= 4 is 54.9 Å². The molecule has 6 nitrogen and oxygen atoms in total. The number of nitrogens with zero attached hydrogens (tertiary/aromatic N) is 2. The molecule has 1 aliphatic heterocycles. The molecule has 1 heterocycles. The summed E-state index contributed by atoms with van der Waals surface area (Å²) in [5.74, 6) is 0.393. The highest BCUT2D eigenvalue weighted by atomic mass is 79.9. The lowest BCUT2D eigenvalue weighted by Crippen LogP contribution is -2.29. The molecule has 3 rings (SSSR count). The van der Waals surface area contributed by atoms with E-state index in [9.17, 15) is 13.2 Å². The minimum atomic E-state index is -3.93. The Hall–Kier alpha value is -2.10. The predicted octanol–water partition coefficient (Wildman–Crippen LogP) is 4.14. The maximum Gasteiger partial charge on any atom is 0.284 e. The van der Waals surface area contributed by atoms with Crippen molar-refractivity contribution in [3.05, 3.63) is 63.5 Å². The zero-order valence-electron chi connectivity index (χ0n) is 15.1. The molecule has 1 saturated heterocycles. The molecular formula is C19H17BrN2O4S2. The molecule has 1 amide bonds. The van der Waals surface area contributed by atoms with E-state index in [0.717, 1.165) is 21.8 Å². The van der Waals surface area contributed by atoms with Gasteiger partial charge in [0.1, 0.15) is 5.75 Å². The molecule has 0 aromatic heterocycles. The Kier molecular flexibility index (Phi) is 6.26. The standard InChI is InChI=1S/C19H17BrN2O4S2/c1-3-22-18(23)17(12-13-5-4-6-15(11-13)26-2)27-19(22)21-28(24,25)16-9-7-14(20)8-10-16/h4-12H,3H2,1-2H3. The zero-order valence-corrected chi connectivity index (χ0v) is 18.3. The van der Waals surface area contributed by atoms with Crippen LogP contribution in [0.3, 0.4) is 0 Å². The monoisotopic (exact) mass is 480 g/mol. The average Bonchev–Trinajstić information content (AvgIpc) is 2.95. The summed E-state index contributed by atoms with van der Waals surface area (Å²) in [5.41, 5.74) is 0.781. The molecule has 2 aromatic carbocycles. The van der Waals surface area contributed by atoms with Crippen LogP contribution in [0.15, 0.2) is 67.2 Å². The van der Waals surface area contributed by atoms with E-state index in [0.29, 0.717) is 17.2 Å². The van der Waals surface area contributed by atoms with Gasteiger partial charge in [-0.05, 0) is 66.7 Å². The fraction of sp³-hybridized carbons (Fsp3) is 0.158. The van der Waals surface area contributed by atoms with Crippen molar-refractivity contribution in [2.24, 2.45) is 4.40 Å². The SMILES string of the molecule is CCN1C(=O)C(=Cc2cccc(OC)c2)SC1=NS(=O)(=O)c1ccc(Br)cc1. The van der Waals surface area contributed by atoms with Crippen LogP contribution in [0.2, 0.25) is 0 Å². The molecule has 0 spiro atoms. The van der Waals surface area contributed by atoms with Crippen molar-refractivity contribution in [3.8, 4) is 5.75 Å². The number of amidine groups is 1. The van der Waals surface area contributed by atoms with Gasteiger partial charge in [0.25, 0.3) is 15.9 Å². The molecule has 0 atom stereocenters. The van der Waals surface area contributed by atoms with E-state index < -0.39 is 10.0 Å². The second-order valence-corrected chi connectivity index (χ2v) is 9.27. The molecule has 0 N–H and O–H groups in total. The van der Waals surface area contributed by atoms with Gasteiger partial charge in [0.05, 0.1) is 16.9 Å². The minimum Gasteiger partial charge on any atom is -0.497 e. The summed E-state index contributed by atoms with van der Waals surface area (Å²) >= 11 is 4.32. The lowest BCUT2D eigenvalue weighted by Gasteiger charge is -2.11. The Labute approximate surface area is 176 Å². The summed E-state index contributed by atoms with van der Waals surface area (Å²) in [4.78, 5) is 14.5. The second-order valence-electron chi connectivity index (χ2n) is 5.74. The third kappa shape index (κ3) is 4.48. The van der Waals surface area contributed by atoms with Crippen molar-refractivity contribution in [2.75, 3.05) is 13.7 Å². The Morgan fingerprint density at radius 2 is 1.93 bits per heavy atom. The number of hydrogen-bond acceptors (Lipinski definition) is 5. The third-order valence-electron chi connectivity index (χ3n) is 3.91. The Morgan fingerprint density at radius 1 is 1.21 bits per heavy atom. The molecule has 28 heavy (non-hydrogen) atoms. The number of sulfonamides is 1. The van der Waals surface area contributed by atoms with Crippen molar-refractivity contribution in [1.29, 1.82) is 0 Å². The number of ether oxygens (including phenoxy) is 1. The van der Waals surface area contributed by atoms with Gasteiger partial charge in [-0.1, -0.05) is 28.1 Å². The molecule has 1 fully saturated rings. The van der Waals surface area contributed by atoms with E-state index in [1.54, 1.807) is 38.3 Å². The van der Waals surface area contributed by atoms with Crippen LogP contribution in [0, 0.1) is 0 Å². The van der Waals surface area contributed by atoms with Crippen LogP contribution in [0.1, 0.15) is 12.5 Å². The van der Waals surface area contributed by atoms with Crippen LogP contribution in [-0.4, -0.2) is 38.0 Å². The number of methoxy groups -OCH3 is 1. The first-order valence-electron chi connectivity index (χ1n) is 8.30. The number of carbonyl (C=O) groups excluding carboxylic acids is 1. The van der Waals surface area contributed by atoms with Crippen LogP contribution in [0.25, 0.3) is 6.08 Å². The van der Waals surface area contributed by atoms with Gasteiger partial charge < -0.3 is 4.74 Å². The van der Waals surface area contributed by atoms with Crippen molar-refractivity contribution < 1.29 is 17.9 Å². The van der Waals surface area contributed by atoms with Gasteiger partial charge in [-0.15, -0.1) is 4.40 Å². The van der Waals surface area contributed by atoms with Gasteiger partial charge in [-0.25, -0.2) is 0 Å². The lowest BCUT2D eigenvalue weighted by atomic mass is 10.2. The Morgan fingerprint density at radius 3 is 2.57 bits per heavy atom. The number of amides is 1. The summed E-state index contributed by atoms with van der Waals surface area (Å²) in [6, 6.07) is 13.5. The van der Waals surface area contributed by atoms with Gasteiger partial charge in [0, 0.05) is 11.0 Å². The van der Waals surface area contributed by atoms with Crippen LogP contribution in [0.4, 0.5) is 0 Å². The Balaban J connectivity index is 1.96. The molecule has 0 saturated carbocycles. The van der Waals surface area contributed by atoms with E-state index in [1.807, 2.05) is 18.2 Å². The fourth-order valence-corrected chi connectivity index (χ4v) is 5.01. The molecule has 2 aromatic rings. The fourth-order valence-electron chi connectivity index (χ4n) is 2.50. The minimum absolute atomic E-state index is 0.0672. The van der Waals surface area contributed by atoms with Crippen LogP contribution in [0.5, 0.6) is 5.75 Å². The van der Waals surface area contributed by atoms with Crippen molar-refractivity contribution in [2.45, 2.75) is 11.8 Å². The largest absolute Gasteiger partial charge is 0.497 e. The molecule has 9 heteroatoms. The van der Waals surface area contributed by atoms with E-state index in [-0.39, 0.29) is 16.0 Å². The highest BCUT2D eigenvalue weighted by Crippen LogP contribution is 2.34. The molecule has 1 aliphatic rings. The smallest absolute Gasteiger partial charge is 0.284 e. The number of benzene rings is 2. The number of halogens is 1. The highest BCUT2D eigenvalue weighted by molar-refractivity contribution is 9.10. The first-order chi connectivity index (χ1) is 13.3. The van der Waals surface area contributed by atoms with Gasteiger partial charge in [-0.2, -0.15) is 8.42 Å². The Bertz CT molecular complexity index is 1060. The molecule has 0 unspecified atom stereocenters. The van der Waals surface area contributed by atoms with Crippen molar-refractivity contribution in [1.82, 2.24) is 4.90 Å². The van der Waals surface area contributed by atoms with E-state index in [2.05, 4.69) is 20.3 Å². The van der Waals surface area contributed by atoms with Gasteiger partial charge in [-0.3, -0.25) is 9.69 Å². The first-order valence-corrected chi connectivity index (χ1v) is 11.3.